The van der Waals surface area contributed by atoms with Crippen molar-refractivity contribution in [3.8, 4) is 11.3 Å². The number of aromatic nitrogens is 2. The predicted molar refractivity (Wildman–Crippen MR) is 161 cm³/mol. The fourth-order valence-corrected chi connectivity index (χ4v) is 6.32. The Morgan fingerprint density at radius 1 is 1.07 bits per heavy atom. The van der Waals surface area contributed by atoms with Gasteiger partial charge in [-0.1, -0.05) is 54.8 Å². The molecular formula is C30H36ClN5O3S. The summed E-state index contributed by atoms with van der Waals surface area (Å²) in [6.07, 6.45) is 8.24. The molecule has 2 aromatic heterocycles. The number of nitrogens with zero attached hydrogens (tertiary/aromatic N) is 3. The van der Waals surface area contributed by atoms with E-state index < -0.39 is 6.09 Å². The molecule has 40 heavy (non-hydrogen) atoms. The average Bonchev–Trinajstić information content (AvgIpc) is 3.52. The summed E-state index contributed by atoms with van der Waals surface area (Å²) < 4.78 is 8.18. The van der Waals surface area contributed by atoms with Gasteiger partial charge in [0.25, 0.3) is 5.91 Å². The van der Waals surface area contributed by atoms with Gasteiger partial charge in [0.15, 0.2) is 4.96 Å². The number of nitrogens with one attached hydrogen (secondary N) is 2. The summed E-state index contributed by atoms with van der Waals surface area (Å²) in [5.74, 6) is -0.0390. The van der Waals surface area contributed by atoms with E-state index >= 15 is 0 Å². The molecule has 1 aliphatic heterocycles. The van der Waals surface area contributed by atoms with Crippen LogP contribution in [-0.4, -0.2) is 59.1 Å². The average molecular weight is 582 g/mol. The van der Waals surface area contributed by atoms with Gasteiger partial charge in [-0.05, 0) is 75.1 Å². The van der Waals surface area contributed by atoms with E-state index in [4.69, 9.17) is 21.3 Å². The third-order valence-corrected chi connectivity index (χ3v) is 8.55. The van der Waals surface area contributed by atoms with Gasteiger partial charge in [-0.25, -0.2) is 9.78 Å². The molecule has 4 aromatic rings. The number of hydrogen-bond donors (Lipinski definition) is 2. The first-order chi connectivity index (χ1) is 19.5. The molecule has 0 aliphatic carbocycles. The summed E-state index contributed by atoms with van der Waals surface area (Å²) in [7, 11) is 0. The largest absolute Gasteiger partial charge is 0.450 e. The molecule has 0 unspecified atom stereocenters. The van der Waals surface area contributed by atoms with Crippen LogP contribution in [0.4, 0.5) is 4.79 Å². The number of hydrogen-bond acceptors (Lipinski definition) is 6. The fourth-order valence-electron chi connectivity index (χ4n) is 4.97. The number of imidazole rings is 1. The molecule has 0 radical (unpaired) electrons. The molecule has 2 amide bonds. The molecule has 5 rings (SSSR count). The molecule has 1 aliphatic rings. The number of fused-ring (bicyclic) bond motifs is 3. The normalized spacial score (nSPS) is 14.1. The van der Waals surface area contributed by atoms with Crippen molar-refractivity contribution in [2.75, 3.05) is 32.8 Å². The number of likely N-dealkylation sites (tertiary alicyclic amines) is 1. The molecule has 1 saturated heterocycles. The number of rotatable bonds is 11. The van der Waals surface area contributed by atoms with Crippen LogP contribution in [0.5, 0.6) is 0 Å². The maximum atomic E-state index is 12.8. The molecule has 8 nitrogen and oxygen atoms in total. The zero-order valence-corrected chi connectivity index (χ0v) is 24.5. The third kappa shape index (κ3) is 6.95. The quantitative estimate of drug-likeness (QED) is 0.197. The Balaban J connectivity index is 1.20. The van der Waals surface area contributed by atoms with Gasteiger partial charge in [0.05, 0.1) is 27.5 Å². The van der Waals surface area contributed by atoms with Crippen molar-refractivity contribution in [3.05, 3.63) is 58.7 Å². The molecule has 3 heterocycles. The summed E-state index contributed by atoms with van der Waals surface area (Å²) in [6, 6.07) is 11.5. The first-order valence-electron chi connectivity index (χ1n) is 14.1. The highest BCUT2D eigenvalue weighted by molar-refractivity contribution is 7.23. The first kappa shape index (κ1) is 28.4. The fraction of sp³-hybridized carbons (Fsp3) is 0.433. The van der Waals surface area contributed by atoms with Crippen LogP contribution in [0.1, 0.15) is 61.4 Å². The number of amides is 2. The van der Waals surface area contributed by atoms with Crippen LogP contribution in [0.15, 0.2) is 42.6 Å². The van der Waals surface area contributed by atoms with Crippen LogP contribution in [-0.2, 0) is 11.3 Å². The van der Waals surface area contributed by atoms with Crippen molar-refractivity contribution in [2.24, 2.45) is 0 Å². The molecule has 0 saturated carbocycles. The van der Waals surface area contributed by atoms with E-state index in [2.05, 4.69) is 15.5 Å². The lowest BCUT2D eigenvalue weighted by Gasteiger charge is -2.26. The van der Waals surface area contributed by atoms with Crippen molar-refractivity contribution in [3.63, 3.8) is 0 Å². The number of unbranched alkanes of at least 4 members (excludes halogenated alkanes) is 1. The molecule has 0 bridgehead atoms. The summed E-state index contributed by atoms with van der Waals surface area (Å²) in [4.78, 5) is 32.7. The molecule has 2 aromatic carbocycles. The highest BCUT2D eigenvalue weighted by Gasteiger charge is 2.15. The Morgan fingerprint density at radius 3 is 2.73 bits per heavy atom. The van der Waals surface area contributed by atoms with Gasteiger partial charge in [0.2, 0.25) is 0 Å². The number of thiazole rings is 1. The van der Waals surface area contributed by atoms with E-state index in [0.29, 0.717) is 30.3 Å². The van der Waals surface area contributed by atoms with Crippen LogP contribution in [0.3, 0.4) is 0 Å². The molecular weight excluding hydrogens is 546 g/mol. The number of halogens is 1. The van der Waals surface area contributed by atoms with Crippen LogP contribution < -0.4 is 10.6 Å². The second kappa shape index (κ2) is 13.5. The van der Waals surface area contributed by atoms with Gasteiger partial charge in [0, 0.05) is 30.4 Å². The maximum Gasteiger partial charge on any atom is 0.407 e. The minimum absolute atomic E-state index is 0.0390. The SMILES string of the molecule is CCCCOC(=O)NCc1ccc(-c2cn3c(n2)sc2cc(C(=O)NCCCN4CCCCC4)ccc23)c(Cl)c1. The van der Waals surface area contributed by atoms with Gasteiger partial charge in [-0.2, -0.15) is 0 Å². The van der Waals surface area contributed by atoms with E-state index in [0.717, 1.165) is 57.8 Å². The summed E-state index contributed by atoms with van der Waals surface area (Å²) >= 11 is 8.15. The van der Waals surface area contributed by atoms with Crippen molar-refractivity contribution in [1.82, 2.24) is 24.9 Å². The van der Waals surface area contributed by atoms with Crippen LogP contribution in [0.25, 0.3) is 26.4 Å². The van der Waals surface area contributed by atoms with Crippen molar-refractivity contribution < 1.29 is 14.3 Å². The van der Waals surface area contributed by atoms with E-state index in [-0.39, 0.29) is 5.91 Å². The zero-order chi connectivity index (χ0) is 27.9. The monoisotopic (exact) mass is 581 g/mol. The van der Waals surface area contributed by atoms with Gasteiger partial charge in [0.1, 0.15) is 0 Å². The number of ether oxygens (including phenoxy) is 1. The Kier molecular flexibility index (Phi) is 9.57. The number of alkyl carbamates (subject to hydrolysis) is 1. The molecule has 10 heteroatoms. The molecule has 2 N–H and O–H groups in total. The lowest BCUT2D eigenvalue weighted by molar-refractivity contribution is 0.0951. The molecule has 212 valence electrons. The van der Waals surface area contributed by atoms with Crippen LogP contribution >= 0.6 is 22.9 Å². The van der Waals surface area contributed by atoms with Crippen molar-refractivity contribution in [1.29, 1.82) is 0 Å². The number of piperidine rings is 1. The summed E-state index contributed by atoms with van der Waals surface area (Å²) in [5, 5.41) is 6.39. The van der Waals surface area contributed by atoms with E-state index in [1.807, 2.05) is 53.9 Å². The number of carbonyl (C=O) groups excluding carboxylic acids is 2. The van der Waals surface area contributed by atoms with E-state index in [9.17, 15) is 9.59 Å². The zero-order valence-electron chi connectivity index (χ0n) is 22.9. The van der Waals surface area contributed by atoms with Gasteiger partial charge < -0.3 is 20.3 Å². The standard InChI is InChI=1S/C30H36ClN5O3S/c1-2-3-16-39-30(38)33-19-21-8-10-23(24(31)17-21)25-20-36-26-11-9-22(18-27(26)40-29(36)34-25)28(37)32-12-7-15-35-13-5-4-6-14-35/h8-11,17-18,20H,2-7,12-16,19H2,1H3,(H,32,37)(H,33,38). The second-order valence-corrected chi connectivity index (χ2v) is 11.6. The van der Waals surface area contributed by atoms with E-state index in [1.54, 1.807) is 11.3 Å². The summed E-state index contributed by atoms with van der Waals surface area (Å²) in [6.45, 7) is 6.89. The van der Waals surface area contributed by atoms with Gasteiger partial charge >= 0.3 is 6.09 Å². The maximum absolute atomic E-state index is 12.8. The highest BCUT2D eigenvalue weighted by atomic mass is 35.5. The number of benzene rings is 2. The van der Waals surface area contributed by atoms with Crippen molar-refractivity contribution in [2.45, 2.75) is 52.0 Å². The highest BCUT2D eigenvalue weighted by Crippen LogP contribution is 2.33. The van der Waals surface area contributed by atoms with Gasteiger partial charge in [-0.15, -0.1) is 0 Å². The Bertz CT molecular complexity index is 1480. The van der Waals surface area contributed by atoms with Crippen LogP contribution in [0.2, 0.25) is 5.02 Å². The molecule has 0 atom stereocenters. The number of carbonyl (C=O) groups is 2. The smallest absolute Gasteiger partial charge is 0.407 e. The third-order valence-electron chi connectivity index (χ3n) is 7.22. The Labute approximate surface area is 243 Å². The Morgan fingerprint density at radius 2 is 1.93 bits per heavy atom. The predicted octanol–water partition coefficient (Wildman–Crippen LogP) is 6.50. The Hall–Kier alpha value is -3.14. The van der Waals surface area contributed by atoms with Crippen LogP contribution in [0, 0.1) is 0 Å². The molecule has 1 fully saturated rings. The minimum Gasteiger partial charge on any atom is -0.450 e. The minimum atomic E-state index is -0.427. The second-order valence-electron chi connectivity index (χ2n) is 10.2. The van der Waals surface area contributed by atoms with Gasteiger partial charge in [-0.3, -0.25) is 9.20 Å². The lowest BCUT2D eigenvalue weighted by atomic mass is 10.1. The van der Waals surface area contributed by atoms with E-state index in [1.165, 1.54) is 32.4 Å². The lowest BCUT2D eigenvalue weighted by Crippen LogP contribution is -2.33. The van der Waals surface area contributed by atoms with Crippen molar-refractivity contribution >= 4 is 50.1 Å². The molecule has 0 spiro atoms. The topological polar surface area (TPSA) is 88.0 Å². The summed E-state index contributed by atoms with van der Waals surface area (Å²) in [5.41, 5.74) is 4.13. The first-order valence-corrected chi connectivity index (χ1v) is 15.3.